The Morgan fingerprint density at radius 3 is 2.48 bits per heavy atom. The van der Waals surface area contributed by atoms with E-state index in [2.05, 4.69) is 21.9 Å². The molecule has 0 amide bonds. The minimum absolute atomic E-state index is 0. The highest BCUT2D eigenvalue weighted by Crippen LogP contribution is 2.64. The lowest BCUT2D eigenvalue weighted by molar-refractivity contribution is -0.164. The zero-order valence-corrected chi connectivity index (χ0v) is 18.6. The summed E-state index contributed by atoms with van der Waals surface area (Å²) in [6, 6.07) is 8.47. The molecule has 3 atom stereocenters. The van der Waals surface area contributed by atoms with Gasteiger partial charge in [-0.15, -0.1) is 24.0 Å². The largest absolute Gasteiger partial charge is 0.377 e. The Bertz CT molecular complexity index is 700. The summed E-state index contributed by atoms with van der Waals surface area (Å²) in [5.41, 5.74) is 7.99. The molecule has 2 aliphatic carbocycles. The summed E-state index contributed by atoms with van der Waals surface area (Å²) in [6.07, 6.45) is 5.45. The summed E-state index contributed by atoms with van der Waals surface area (Å²) >= 11 is 5.99. The zero-order chi connectivity index (χ0) is 17.7. The van der Waals surface area contributed by atoms with Gasteiger partial charge in [-0.3, -0.25) is 0 Å². The topological polar surface area (TPSA) is 54.1 Å². The third kappa shape index (κ3) is 3.21. The number of hydrogen-bond acceptors (Lipinski definition) is 3. The van der Waals surface area contributed by atoms with Gasteiger partial charge in [0, 0.05) is 54.8 Å². The Balaban J connectivity index is 0.00000180. The highest BCUT2D eigenvalue weighted by molar-refractivity contribution is 14.0. The van der Waals surface area contributed by atoms with Gasteiger partial charge in [-0.2, -0.15) is 0 Å². The molecule has 1 spiro atoms. The van der Waals surface area contributed by atoms with Gasteiger partial charge in [-0.1, -0.05) is 18.0 Å². The van der Waals surface area contributed by atoms with Crippen LogP contribution in [0.15, 0.2) is 29.3 Å². The van der Waals surface area contributed by atoms with Crippen molar-refractivity contribution in [2.24, 2.45) is 22.1 Å². The Morgan fingerprint density at radius 2 is 1.85 bits per heavy atom. The van der Waals surface area contributed by atoms with E-state index in [0.717, 1.165) is 50.2 Å². The van der Waals surface area contributed by atoms with E-state index >= 15 is 0 Å². The summed E-state index contributed by atoms with van der Waals surface area (Å²) in [4.78, 5) is 9.68. The summed E-state index contributed by atoms with van der Waals surface area (Å²) in [5.74, 6) is 1.34. The van der Waals surface area contributed by atoms with E-state index in [9.17, 15) is 0 Å². The average molecular weight is 503 g/mol. The molecular formula is C20H28ClIN4O. The van der Waals surface area contributed by atoms with E-state index in [1.807, 2.05) is 12.1 Å². The fourth-order valence-electron chi connectivity index (χ4n) is 5.46. The number of ether oxygens (including phenoxy) is 1. The summed E-state index contributed by atoms with van der Waals surface area (Å²) in [5, 5.41) is 0.781. The molecule has 3 unspecified atom stereocenters. The fourth-order valence-corrected chi connectivity index (χ4v) is 5.58. The van der Waals surface area contributed by atoms with Crippen LogP contribution in [0.5, 0.6) is 0 Å². The molecule has 27 heavy (non-hydrogen) atoms. The minimum Gasteiger partial charge on any atom is -0.377 e. The van der Waals surface area contributed by atoms with Gasteiger partial charge in [0.25, 0.3) is 0 Å². The van der Waals surface area contributed by atoms with Crippen molar-refractivity contribution >= 4 is 47.2 Å². The molecule has 5 nitrogen and oxygen atoms in total. The van der Waals surface area contributed by atoms with Crippen molar-refractivity contribution in [1.29, 1.82) is 0 Å². The molecule has 2 aliphatic heterocycles. The van der Waals surface area contributed by atoms with Gasteiger partial charge < -0.3 is 20.3 Å². The summed E-state index contributed by atoms with van der Waals surface area (Å²) < 4.78 is 6.00. The number of nitrogens with zero attached hydrogens (tertiary/aromatic N) is 3. The molecule has 5 rings (SSSR count). The number of guanidine groups is 1. The molecular weight excluding hydrogens is 475 g/mol. The Hall–Kier alpha value is -0.730. The lowest BCUT2D eigenvalue weighted by Gasteiger charge is -2.61. The van der Waals surface area contributed by atoms with E-state index in [-0.39, 0.29) is 24.0 Å². The number of halogens is 2. The number of nitrogens with two attached hydrogens (primary N) is 1. The molecule has 0 aromatic heterocycles. The van der Waals surface area contributed by atoms with Crippen LogP contribution in [-0.4, -0.2) is 55.8 Å². The van der Waals surface area contributed by atoms with Gasteiger partial charge in [0.05, 0.1) is 12.1 Å². The van der Waals surface area contributed by atoms with Crippen LogP contribution in [0.2, 0.25) is 5.02 Å². The normalized spacial score (nSPS) is 31.7. The molecule has 2 N–H and O–H groups in total. The first-order chi connectivity index (χ1) is 12.7. The molecule has 2 saturated heterocycles. The molecule has 2 saturated carbocycles. The van der Waals surface area contributed by atoms with Crippen molar-refractivity contribution in [1.82, 2.24) is 4.90 Å². The molecule has 2 heterocycles. The molecule has 1 aromatic carbocycles. The minimum atomic E-state index is 0. The van der Waals surface area contributed by atoms with Crippen LogP contribution in [-0.2, 0) is 4.74 Å². The van der Waals surface area contributed by atoms with Gasteiger partial charge in [-0.05, 0) is 43.5 Å². The quantitative estimate of drug-likeness (QED) is 0.383. The predicted octanol–water partition coefficient (Wildman–Crippen LogP) is 3.35. The molecule has 1 aromatic rings. The second kappa shape index (κ2) is 7.59. The van der Waals surface area contributed by atoms with Gasteiger partial charge in [0.15, 0.2) is 5.96 Å². The zero-order valence-electron chi connectivity index (χ0n) is 15.5. The lowest BCUT2D eigenvalue weighted by atomic mass is 9.46. The average Bonchev–Trinajstić information content (AvgIpc) is 3.04. The third-order valence-electron chi connectivity index (χ3n) is 7.05. The number of rotatable bonds is 2. The first-order valence-corrected chi connectivity index (χ1v) is 10.3. The van der Waals surface area contributed by atoms with E-state index < -0.39 is 0 Å². The van der Waals surface area contributed by atoms with Gasteiger partial charge in [0.2, 0.25) is 0 Å². The van der Waals surface area contributed by atoms with Crippen LogP contribution in [0.1, 0.15) is 25.7 Å². The molecule has 148 valence electrons. The highest BCUT2D eigenvalue weighted by Gasteiger charge is 2.66. The molecule has 4 fully saturated rings. The Labute approximate surface area is 183 Å². The van der Waals surface area contributed by atoms with Crippen LogP contribution in [0.25, 0.3) is 0 Å². The number of aliphatic imine (C=N–C) groups is 1. The monoisotopic (exact) mass is 502 g/mol. The highest BCUT2D eigenvalue weighted by atomic mass is 127. The summed E-state index contributed by atoms with van der Waals surface area (Å²) in [7, 11) is 0. The standard InChI is InChI=1S/C20H27ClN4O.HI/c21-14-2-4-15(5-3-14)24-9-11-25(12-10-24)19(22)23-17-16-6-13-26-18(16)20(17)7-1-8-20;/h2-5,16-18H,1,6-13H2,(H2,22,23);1H. The maximum absolute atomic E-state index is 6.44. The Morgan fingerprint density at radius 1 is 1.15 bits per heavy atom. The number of hydrogen-bond donors (Lipinski definition) is 1. The van der Waals surface area contributed by atoms with Crippen molar-refractivity contribution in [3.8, 4) is 0 Å². The van der Waals surface area contributed by atoms with Crippen LogP contribution in [0.4, 0.5) is 5.69 Å². The number of benzene rings is 1. The van der Waals surface area contributed by atoms with Crippen LogP contribution >= 0.6 is 35.6 Å². The molecule has 4 aliphatic rings. The summed E-state index contributed by atoms with van der Waals surface area (Å²) in [6.45, 7) is 4.67. The molecule has 0 bridgehead atoms. The molecule has 0 radical (unpaired) electrons. The van der Waals surface area contributed by atoms with Crippen molar-refractivity contribution in [2.75, 3.05) is 37.7 Å². The lowest BCUT2D eigenvalue weighted by Crippen LogP contribution is -2.66. The first kappa shape index (κ1) is 19.6. The maximum atomic E-state index is 6.44. The SMILES string of the molecule is I.NC(=NC1C2CCOC2C12CCC2)N1CCN(c2ccc(Cl)cc2)CC1. The number of piperazine rings is 1. The van der Waals surface area contributed by atoms with E-state index in [4.69, 9.17) is 27.1 Å². The number of fused-ring (bicyclic) bond motifs is 2. The van der Waals surface area contributed by atoms with Crippen molar-refractivity contribution in [3.05, 3.63) is 29.3 Å². The van der Waals surface area contributed by atoms with Gasteiger partial charge in [0.1, 0.15) is 0 Å². The second-order valence-electron chi connectivity index (χ2n) is 8.21. The van der Waals surface area contributed by atoms with Gasteiger partial charge >= 0.3 is 0 Å². The third-order valence-corrected chi connectivity index (χ3v) is 7.30. The van der Waals surface area contributed by atoms with E-state index in [1.54, 1.807) is 0 Å². The van der Waals surface area contributed by atoms with Crippen molar-refractivity contribution in [3.63, 3.8) is 0 Å². The smallest absolute Gasteiger partial charge is 0.191 e. The second-order valence-corrected chi connectivity index (χ2v) is 8.65. The van der Waals surface area contributed by atoms with E-state index in [0.29, 0.717) is 23.5 Å². The maximum Gasteiger partial charge on any atom is 0.191 e. The van der Waals surface area contributed by atoms with E-state index in [1.165, 1.54) is 24.9 Å². The fraction of sp³-hybridized carbons (Fsp3) is 0.650. The van der Waals surface area contributed by atoms with Crippen LogP contribution < -0.4 is 10.6 Å². The molecule has 7 heteroatoms. The van der Waals surface area contributed by atoms with Crippen molar-refractivity contribution in [2.45, 2.75) is 37.8 Å². The van der Waals surface area contributed by atoms with Crippen LogP contribution in [0, 0.1) is 11.3 Å². The number of anilines is 1. The van der Waals surface area contributed by atoms with Crippen LogP contribution in [0.3, 0.4) is 0 Å². The Kier molecular flexibility index (Phi) is 5.51. The first-order valence-electron chi connectivity index (χ1n) is 9.88. The predicted molar refractivity (Wildman–Crippen MR) is 120 cm³/mol. The van der Waals surface area contributed by atoms with Crippen molar-refractivity contribution < 1.29 is 4.74 Å². The van der Waals surface area contributed by atoms with Gasteiger partial charge in [-0.25, -0.2) is 4.99 Å².